The minimum Gasteiger partial charge on any atom is -0.359 e. The number of nitrogens with zero attached hydrogens (tertiary/aromatic N) is 3. The third kappa shape index (κ3) is 4.52. The standard InChI is InChI=1S/C21H26N4O4S/c1-13(2)10-11-22-30(27,28)19-12-17(7-6-14(19)3)18-8-9-20(26)25(23-18)21-15(4)24-29-16(21)5/h6-9,12-13,22H,10-11H2,1-5H3. The van der Waals surface area contributed by atoms with Gasteiger partial charge in [0.05, 0.1) is 10.6 Å². The Morgan fingerprint density at radius 3 is 2.50 bits per heavy atom. The Hall–Kier alpha value is -2.78. The Morgan fingerprint density at radius 1 is 1.13 bits per heavy atom. The quantitative estimate of drug-likeness (QED) is 0.617. The lowest BCUT2D eigenvalue weighted by Gasteiger charge is -2.12. The highest BCUT2D eigenvalue weighted by Gasteiger charge is 2.19. The van der Waals surface area contributed by atoms with Crippen LogP contribution in [0.3, 0.4) is 0 Å². The summed E-state index contributed by atoms with van der Waals surface area (Å²) in [5.41, 5.74) is 2.38. The summed E-state index contributed by atoms with van der Waals surface area (Å²) in [6.45, 7) is 9.64. The van der Waals surface area contributed by atoms with Crippen molar-refractivity contribution in [1.82, 2.24) is 19.7 Å². The molecule has 1 N–H and O–H groups in total. The Kier molecular flexibility index (Phi) is 6.23. The maximum atomic E-state index is 12.8. The van der Waals surface area contributed by atoms with E-state index in [2.05, 4.69) is 15.0 Å². The zero-order valence-electron chi connectivity index (χ0n) is 17.8. The molecule has 0 amide bonds. The van der Waals surface area contributed by atoms with E-state index in [1.165, 1.54) is 10.7 Å². The van der Waals surface area contributed by atoms with Crippen molar-refractivity contribution in [3.8, 4) is 16.9 Å². The van der Waals surface area contributed by atoms with Crippen LogP contribution in [0.2, 0.25) is 0 Å². The molecule has 0 saturated heterocycles. The zero-order valence-corrected chi connectivity index (χ0v) is 18.6. The van der Waals surface area contributed by atoms with Gasteiger partial charge in [-0.05, 0) is 50.8 Å². The molecule has 30 heavy (non-hydrogen) atoms. The van der Waals surface area contributed by atoms with Gasteiger partial charge >= 0.3 is 0 Å². The van der Waals surface area contributed by atoms with Crippen molar-refractivity contribution < 1.29 is 12.9 Å². The van der Waals surface area contributed by atoms with Crippen molar-refractivity contribution in [2.75, 3.05) is 6.54 Å². The van der Waals surface area contributed by atoms with Gasteiger partial charge in [-0.2, -0.15) is 9.78 Å². The summed E-state index contributed by atoms with van der Waals surface area (Å²) in [6.07, 6.45) is 0.752. The van der Waals surface area contributed by atoms with E-state index in [0.29, 0.717) is 46.4 Å². The van der Waals surface area contributed by atoms with E-state index in [4.69, 9.17) is 4.52 Å². The molecule has 0 aliphatic carbocycles. The van der Waals surface area contributed by atoms with Gasteiger partial charge in [0, 0.05) is 18.2 Å². The molecule has 0 saturated carbocycles. The summed E-state index contributed by atoms with van der Waals surface area (Å²) in [7, 11) is -3.66. The SMILES string of the molecule is Cc1ccc(-c2ccc(=O)n(-c3c(C)noc3C)n2)cc1S(=O)(=O)NCCC(C)C. The normalized spacial score (nSPS) is 11.9. The van der Waals surface area contributed by atoms with E-state index in [1.54, 1.807) is 45.0 Å². The molecule has 0 fully saturated rings. The number of nitrogens with one attached hydrogen (secondary N) is 1. The Balaban J connectivity index is 2.03. The fraction of sp³-hybridized carbons (Fsp3) is 0.381. The molecule has 0 aliphatic heterocycles. The summed E-state index contributed by atoms with van der Waals surface area (Å²) in [5, 5.41) is 8.31. The van der Waals surface area contributed by atoms with Crippen LogP contribution >= 0.6 is 0 Å². The molecule has 3 rings (SSSR count). The number of hydrogen-bond donors (Lipinski definition) is 1. The van der Waals surface area contributed by atoms with Crippen molar-refractivity contribution in [3.63, 3.8) is 0 Å². The van der Waals surface area contributed by atoms with Crippen LogP contribution in [-0.2, 0) is 10.0 Å². The monoisotopic (exact) mass is 430 g/mol. The van der Waals surface area contributed by atoms with Crippen molar-refractivity contribution in [1.29, 1.82) is 0 Å². The van der Waals surface area contributed by atoms with Gasteiger partial charge in [0.15, 0.2) is 5.76 Å². The lowest BCUT2D eigenvalue weighted by molar-refractivity contribution is 0.392. The number of sulfonamides is 1. The maximum Gasteiger partial charge on any atom is 0.271 e. The molecule has 3 aromatic rings. The smallest absolute Gasteiger partial charge is 0.271 e. The van der Waals surface area contributed by atoms with Crippen LogP contribution in [0.15, 0.2) is 44.5 Å². The fourth-order valence-electron chi connectivity index (χ4n) is 3.11. The molecular weight excluding hydrogens is 404 g/mol. The van der Waals surface area contributed by atoms with Crippen LogP contribution in [0.1, 0.15) is 37.3 Å². The summed E-state index contributed by atoms with van der Waals surface area (Å²) >= 11 is 0. The molecular formula is C21H26N4O4S. The molecule has 0 aliphatic rings. The first-order valence-corrected chi connectivity index (χ1v) is 11.2. The predicted molar refractivity (Wildman–Crippen MR) is 114 cm³/mol. The molecule has 0 bridgehead atoms. The van der Waals surface area contributed by atoms with Crippen molar-refractivity contribution in [3.05, 3.63) is 57.7 Å². The zero-order chi connectivity index (χ0) is 22.1. The van der Waals surface area contributed by atoms with Gasteiger partial charge in [-0.1, -0.05) is 31.1 Å². The highest BCUT2D eigenvalue weighted by molar-refractivity contribution is 7.89. The van der Waals surface area contributed by atoms with Crippen LogP contribution in [0.5, 0.6) is 0 Å². The number of rotatable bonds is 7. The lowest BCUT2D eigenvalue weighted by Crippen LogP contribution is -2.26. The third-order valence-electron chi connectivity index (χ3n) is 4.79. The second-order valence-corrected chi connectivity index (χ2v) is 9.44. The fourth-order valence-corrected chi connectivity index (χ4v) is 4.43. The first-order chi connectivity index (χ1) is 14.1. The molecule has 0 radical (unpaired) electrons. The number of benzene rings is 1. The molecule has 2 aromatic heterocycles. The first kappa shape index (κ1) is 21.9. The van der Waals surface area contributed by atoms with E-state index in [-0.39, 0.29) is 10.5 Å². The van der Waals surface area contributed by atoms with Crippen molar-refractivity contribution in [2.45, 2.75) is 45.9 Å². The van der Waals surface area contributed by atoms with Gasteiger partial charge in [0.1, 0.15) is 11.4 Å². The lowest BCUT2D eigenvalue weighted by atomic mass is 10.1. The van der Waals surface area contributed by atoms with Crippen molar-refractivity contribution in [2.24, 2.45) is 5.92 Å². The average molecular weight is 431 g/mol. The van der Waals surface area contributed by atoms with Gasteiger partial charge in [-0.15, -0.1) is 0 Å². The largest absolute Gasteiger partial charge is 0.359 e. The highest BCUT2D eigenvalue weighted by Crippen LogP contribution is 2.24. The topological polar surface area (TPSA) is 107 Å². The van der Waals surface area contributed by atoms with Crippen LogP contribution in [0.4, 0.5) is 0 Å². The van der Waals surface area contributed by atoms with Gasteiger partial charge in [-0.3, -0.25) is 4.79 Å². The Bertz CT molecular complexity index is 1210. The van der Waals surface area contributed by atoms with E-state index in [9.17, 15) is 13.2 Å². The van der Waals surface area contributed by atoms with Crippen LogP contribution in [0, 0.1) is 26.7 Å². The van der Waals surface area contributed by atoms with Gasteiger partial charge < -0.3 is 4.52 Å². The molecule has 0 unspecified atom stereocenters. The second-order valence-electron chi connectivity index (χ2n) is 7.70. The van der Waals surface area contributed by atoms with Gasteiger partial charge in [0.25, 0.3) is 5.56 Å². The molecule has 2 heterocycles. The van der Waals surface area contributed by atoms with E-state index < -0.39 is 10.0 Å². The molecule has 1 aromatic carbocycles. The van der Waals surface area contributed by atoms with E-state index in [1.807, 2.05) is 13.8 Å². The summed E-state index contributed by atoms with van der Waals surface area (Å²) < 4.78 is 34.6. The average Bonchev–Trinajstić information content (AvgIpc) is 3.00. The van der Waals surface area contributed by atoms with Gasteiger partial charge in [-0.25, -0.2) is 13.1 Å². The summed E-state index contributed by atoms with van der Waals surface area (Å²) in [4.78, 5) is 12.6. The molecule has 0 spiro atoms. The minimum atomic E-state index is -3.66. The Labute approximate surface area is 176 Å². The predicted octanol–water partition coefficient (Wildman–Crippen LogP) is 3.14. The number of aromatic nitrogens is 3. The van der Waals surface area contributed by atoms with E-state index in [0.717, 1.165) is 6.42 Å². The molecule has 160 valence electrons. The molecule has 8 nitrogen and oxygen atoms in total. The summed E-state index contributed by atoms with van der Waals surface area (Å²) in [6, 6.07) is 8.07. The van der Waals surface area contributed by atoms with Gasteiger partial charge in [0.2, 0.25) is 10.0 Å². The minimum absolute atomic E-state index is 0.195. The van der Waals surface area contributed by atoms with E-state index >= 15 is 0 Å². The molecule has 0 atom stereocenters. The molecule has 9 heteroatoms. The van der Waals surface area contributed by atoms with Crippen LogP contribution < -0.4 is 10.3 Å². The number of hydrogen-bond acceptors (Lipinski definition) is 6. The maximum absolute atomic E-state index is 12.8. The second kappa shape index (κ2) is 8.53. The summed E-state index contributed by atoms with van der Waals surface area (Å²) in [5.74, 6) is 0.871. The Morgan fingerprint density at radius 2 is 1.87 bits per heavy atom. The third-order valence-corrected chi connectivity index (χ3v) is 6.40. The van der Waals surface area contributed by atoms with Crippen LogP contribution in [0.25, 0.3) is 16.9 Å². The number of aryl methyl sites for hydroxylation is 3. The van der Waals surface area contributed by atoms with Crippen molar-refractivity contribution >= 4 is 10.0 Å². The van der Waals surface area contributed by atoms with Crippen LogP contribution in [-0.4, -0.2) is 29.9 Å². The first-order valence-electron chi connectivity index (χ1n) is 9.74. The highest BCUT2D eigenvalue weighted by atomic mass is 32.2.